The van der Waals surface area contributed by atoms with Gasteiger partial charge < -0.3 is 15.5 Å². The van der Waals surface area contributed by atoms with Crippen molar-refractivity contribution in [2.24, 2.45) is 0 Å². The molecule has 0 aliphatic carbocycles. The van der Waals surface area contributed by atoms with Crippen molar-refractivity contribution in [3.63, 3.8) is 0 Å². The van der Waals surface area contributed by atoms with Gasteiger partial charge in [-0.1, -0.05) is 17.7 Å². The molecule has 1 aliphatic heterocycles. The van der Waals surface area contributed by atoms with Crippen LogP contribution in [0.25, 0.3) is 0 Å². The Morgan fingerprint density at radius 2 is 2.26 bits per heavy atom. The number of hydrogen-bond donors (Lipinski definition) is 2. The highest BCUT2D eigenvalue weighted by atomic mass is 35.5. The van der Waals surface area contributed by atoms with Gasteiger partial charge in [-0.2, -0.15) is 11.8 Å². The van der Waals surface area contributed by atoms with E-state index >= 15 is 0 Å². The first-order valence-corrected chi connectivity index (χ1v) is 8.68. The highest BCUT2D eigenvalue weighted by molar-refractivity contribution is 7.99. The molecule has 1 atom stereocenters. The molecule has 1 unspecified atom stereocenters. The topological polar surface area (TPSA) is 61.4 Å². The third kappa shape index (κ3) is 6.99. The van der Waals surface area contributed by atoms with Gasteiger partial charge in [-0.05, 0) is 18.2 Å². The lowest BCUT2D eigenvalue weighted by atomic mass is 10.2. The molecule has 2 amide bonds. The summed E-state index contributed by atoms with van der Waals surface area (Å²) < 4.78 is 0. The quantitative estimate of drug-likeness (QED) is 0.825. The molecular formula is C15H21Cl2N3O2S. The van der Waals surface area contributed by atoms with Gasteiger partial charge in [0, 0.05) is 48.3 Å². The van der Waals surface area contributed by atoms with E-state index in [1.165, 1.54) is 4.90 Å². The van der Waals surface area contributed by atoms with Crippen LogP contribution in [0.2, 0.25) is 5.02 Å². The number of carbonyl (C=O) groups excluding carboxylic acids is 2. The molecule has 0 radical (unpaired) electrons. The SMILES string of the molecule is CN(CC(=O)Nc1cccc(Cl)c1)C(=O)CC1CSCCN1.Cl. The van der Waals surface area contributed by atoms with E-state index in [9.17, 15) is 9.59 Å². The number of nitrogens with zero attached hydrogens (tertiary/aromatic N) is 1. The molecule has 2 rings (SSSR count). The van der Waals surface area contributed by atoms with E-state index < -0.39 is 0 Å². The van der Waals surface area contributed by atoms with Gasteiger partial charge >= 0.3 is 0 Å². The van der Waals surface area contributed by atoms with E-state index in [0.717, 1.165) is 18.1 Å². The standard InChI is InChI=1S/C15H20ClN3O2S.ClH/c1-19(15(21)8-13-10-22-6-5-17-13)9-14(20)18-12-4-2-3-11(16)7-12;/h2-4,7,13,17H,5-6,8-10H2,1H3,(H,18,20);1H. The normalized spacial score (nSPS) is 17.0. The minimum Gasteiger partial charge on any atom is -0.336 e. The minimum absolute atomic E-state index is 0. The van der Waals surface area contributed by atoms with Gasteiger partial charge in [0.2, 0.25) is 11.8 Å². The number of rotatable bonds is 5. The molecule has 128 valence electrons. The molecule has 1 aliphatic rings. The van der Waals surface area contributed by atoms with Gasteiger partial charge in [0.05, 0.1) is 6.54 Å². The number of amides is 2. The molecule has 5 nitrogen and oxygen atoms in total. The third-order valence-electron chi connectivity index (χ3n) is 3.33. The summed E-state index contributed by atoms with van der Waals surface area (Å²) in [6, 6.07) is 7.13. The first kappa shape index (κ1) is 20.1. The van der Waals surface area contributed by atoms with Crippen LogP contribution in [-0.2, 0) is 9.59 Å². The maximum Gasteiger partial charge on any atom is 0.243 e. The van der Waals surface area contributed by atoms with Crippen LogP contribution in [0, 0.1) is 0 Å². The van der Waals surface area contributed by atoms with Gasteiger partial charge in [-0.15, -0.1) is 12.4 Å². The number of thioether (sulfide) groups is 1. The number of carbonyl (C=O) groups is 2. The molecule has 1 aromatic rings. The highest BCUT2D eigenvalue weighted by Crippen LogP contribution is 2.15. The summed E-state index contributed by atoms with van der Waals surface area (Å²) in [6.45, 7) is 0.965. The first-order valence-electron chi connectivity index (χ1n) is 7.15. The Morgan fingerprint density at radius 1 is 1.48 bits per heavy atom. The van der Waals surface area contributed by atoms with Crippen LogP contribution in [0.1, 0.15) is 6.42 Å². The second kappa shape index (κ2) is 10.0. The molecule has 8 heteroatoms. The van der Waals surface area contributed by atoms with Crippen molar-refractivity contribution >= 4 is 53.3 Å². The average Bonchev–Trinajstić information content (AvgIpc) is 2.48. The van der Waals surface area contributed by atoms with Gasteiger partial charge in [0.25, 0.3) is 0 Å². The number of halogens is 2. The molecule has 0 aromatic heterocycles. The molecule has 1 fully saturated rings. The van der Waals surface area contributed by atoms with Crippen molar-refractivity contribution in [1.82, 2.24) is 10.2 Å². The monoisotopic (exact) mass is 377 g/mol. The first-order chi connectivity index (χ1) is 10.5. The smallest absolute Gasteiger partial charge is 0.243 e. The molecule has 0 bridgehead atoms. The van der Waals surface area contributed by atoms with Crippen molar-refractivity contribution in [2.45, 2.75) is 12.5 Å². The maximum absolute atomic E-state index is 12.1. The fourth-order valence-corrected chi connectivity index (χ4v) is 3.33. The number of anilines is 1. The number of likely N-dealkylation sites (N-methyl/N-ethyl adjacent to an activating group) is 1. The number of benzene rings is 1. The molecule has 23 heavy (non-hydrogen) atoms. The van der Waals surface area contributed by atoms with Crippen LogP contribution < -0.4 is 10.6 Å². The van der Waals surface area contributed by atoms with Gasteiger partial charge in [-0.3, -0.25) is 9.59 Å². The zero-order chi connectivity index (χ0) is 15.9. The summed E-state index contributed by atoms with van der Waals surface area (Å²) in [6.07, 6.45) is 0.425. The largest absolute Gasteiger partial charge is 0.336 e. The summed E-state index contributed by atoms with van der Waals surface area (Å²) in [5.41, 5.74) is 0.628. The van der Waals surface area contributed by atoms with E-state index in [2.05, 4.69) is 10.6 Å². The molecular weight excluding hydrogens is 357 g/mol. The van der Waals surface area contributed by atoms with Crippen LogP contribution in [0.3, 0.4) is 0 Å². The highest BCUT2D eigenvalue weighted by Gasteiger charge is 2.20. The Labute approximate surface area is 151 Å². The summed E-state index contributed by atoms with van der Waals surface area (Å²) in [7, 11) is 1.65. The molecule has 1 aromatic carbocycles. The van der Waals surface area contributed by atoms with Gasteiger partial charge in [0.15, 0.2) is 0 Å². The molecule has 0 spiro atoms. The zero-order valence-electron chi connectivity index (χ0n) is 12.9. The van der Waals surface area contributed by atoms with Crippen LogP contribution in [0.4, 0.5) is 5.69 Å². The fourth-order valence-electron chi connectivity index (χ4n) is 2.19. The van der Waals surface area contributed by atoms with E-state index in [4.69, 9.17) is 11.6 Å². The molecule has 1 saturated heterocycles. The van der Waals surface area contributed by atoms with Gasteiger partial charge in [0.1, 0.15) is 0 Å². The Bertz CT molecular complexity index is 539. The second-order valence-corrected chi connectivity index (χ2v) is 6.82. The van der Waals surface area contributed by atoms with Crippen molar-refractivity contribution in [3.05, 3.63) is 29.3 Å². The molecule has 2 N–H and O–H groups in total. The Balaban J connectivity index is 0.00000264. The third-order valence-corrected chi connectivity index (χ3v) is 4.70. The predicted octanol–water partition coefficient (Wildman–Crippen LogP) is 2.25. The van der Waals surface area contributed by atoms with Crippen molar-refractivity contribution < 1.29 is 9.59 Å². The van der Waals surface area contributed by atoms with Crippen LogP contribution in [0.15, 0.2) is 24.3 Å². The fraction of sp³-hybridized carbons (Fsp3) is 0.467. The molecule has 0 saturated carbocycles. The van der Waals surface area contributed by atoms with Crippen LogP contribution >= 0.6 is 35.8 Å². The van der Waals surface area contributed by atoms with Crippen LogP contribution in [-0.4, -0.2) is 54.4 Å². The van der Waals surface area contributed by atoms with E-state index in [0.29, 0.717) is 17.1 Å². The molecule has 1 heterocycles. The van der Waals surface area contributed by atoms with E-state index in [-0.39, 0.29) is 36.8 Å². The lowest BCUT2D eigenvalue weighted by Crippen LogP contribution is -2.43. The summed E-state index contributed by atoms with van der Waals surface area (Å²) in [5.74, 6) is 1.77. The second-order valence-electron chi connectivity index (χ2n) is 5.24. The van der Waals surface area contributed by atoms with E-state index in [1.807, 2.05) is 11.8 Å². The zero-order valence-corrected chi connectivity index (χ0v) is 15.3. The summed E-state index contributed by atoms with van der Waals surface area (Å²) in [5, 5.41) is 6.61. The van der Waals surface area contributed by atoms with Crippen molar-refractivity contribution in [3.8, 4) is 0 Å². The average molecular weight is 378 g/mol. The Hall–Kier alpha value is -0.950. The minimum atomic E-state index is -0.232. The lowest BCUT2D eigenvalue weighted by molar-refractivity contribution is -0.133. The lowest BCUT2D eigenvalue weighted by Gasteiger charge is -2.25. The summed E-state index contributed by atoms with van der Waals surface area (Å²) in [4.78, 5) is 25.6. The Morgan fingerprint density at radius 3 is 2.91 bits per heavy atom. The predicted molar refractivity (Wildman–Crippen MR) is 98.7 cm³/mol. The maximum atomic E-state index is 12.1. The van der Waals surface area contributed by atoms with Crippen molar-refractivity contribution in [1.29, 1.82) is 0 Å². The van der Waals surface area contributed by atoms with Gasteiger partial charge in [-0.25, -0.2) is 0 Å². The Kier molecular flexibility index (Phi) is 8.76. The van der Waals surface area contributed by atoms with E-state index in [1.54, 1.807) is 31.3 Å². The summed E-state index contributed by atoms with van der Waals surface area (Å²) >= 11 is 7.72. The van der Waals surface area contributed by atoms with Crippen molar-refractivity contribution in [2.75, 3.05) is 37.0 Å². The number of nitrogens with one attached hydrogen (secondary N) is 2. The number of hydrogen-bond acceptors (Lipinski definition) is 4. The van der Waals surface area contributed by atoms with Crippen LogP contribution in [0.5, 0.6) is 0 Å².